The zero-order valence-electron chi connectivity index (χ0n) is 11.0. The van der Waals surface area contributed by atoms with E-state index in [1.54, 1.807) is 7.05 Å². The highest BCUT2D eigenvalue weighted by molar-refractivity contribution is 7.80. The van der Waals surface area contributed by atoms with Crippen molar-refractivity contribution < 1.29 is 9.59 Å². The first-order chi connectivity index (χ1) is 8.47. The Hall–Kier alpha value is -1.17. The summed E-state index contributed by atoms with van der Waals surface area (Å²) in [7, 11) is 1.56. The predicted molar refractivity (Wildman–Crippen MR) is 74.0 cm³/mol. The number of carbonyl (C=O) groups excluding carboxylic acids is 2. The van der Waals surface area contributed by atoms with Gasteiger partial charge in [-0.25, -0.2) is 0 Å². The third-order valence-electron chi connectivity index (χ3n) is 3.62. The van der Waals surface area contributed by atoms with Crippen molar-refractivity contribution in [2.24, 2.45) is 11.1 Å². The number of rotatable bonds is 5. The minimum atomic E-state index is -0.723. The molecule has 0 radical (unpaired) electrons. The maximum absolute atomic E-state index is 12.6. The summed E-state index contributed by atoms with van der Waals surface area (Å²) >= 11 is 5.08. The van der Waals surface area contributed by atoms with E-state index in [2.05, 4.69) is 5.32 Å². The highest BCUT2D eigenvalue weighted by Gasteiger charge is 2.46. The van der Waals surface area contributed by atoms with Crippen LogP contribution in [0.15, 0.2) is 0 Å². The van der Waals surface area contributed by atoms with Gasteiger partial charge in [-0.15, -0.1) is 0 Å². The number of hydrogen-bond acceptors (Lipinski definition) is 3. The molecule has 0 heterocycles. The molecule has 0 aromatic heterocycles. The molecule has 1 rings (SSSR count). The second kappa shape index (κ2) is 6.13. The molecule has 5 nitrogen and oxygen atoms in total. The van der Waals surface area contributed by atoms with Crippen molar-refractivity contribution in [3.8, 4) is 0 Å². The topological polar surface area (TPSA) is 75.4 Å². The molecule has 0 saturated heterocycles. The lowest BCUT2D eigenvalue weighted by Gasteiger charge is -2.32. The van der Waals surface area contributed by atoms with E-state index in [0.29, 0.717) is 19.4 Å². The summed E-state index contributed by atoms with van der Waals surface area (Å²) in [6.07, 6.45) is 3.32. The zero-order chi connectivity index (χ0) is 13.8. The highest BCUT2D eigenvalue weighted by Crippen LogP contribution is 2.40. The number of thiocarbonyl (C=S) groups is 1. The Morgan fingerprint density at radius 1 is 1.39 bits per heavy atom. The van der Waals surface area contributed by atoms with Gasteiger partial charge in [-0.1, -0.05) is 25.1 Å². The predicted octanol–water partition coefficient (Wildman–Crippen LogP) is 0.427. The molecule has 6 heteroatoms. The Labute approximate surface area is 113 Å². The summed E-state index contributed by atoms with van der Waals surface area (Å²) in [4.78, 5) is 25.8. The molecule has 0 aromatic rings. The van der Waals surface area contributed by atoms with Crippen LogP contribution in [0.25, 0.3) is 0 Å². The third kappa shape index (κ3) is 2.80. The first-order valence-corrected chi connectivity index (χ1v) is 6.68. The van der Waals surface area contributed by atoms with E-state index in [4.69, 9.17) is 18.0 Å². The van der Waals surface area contributed by atoms with Crippen LogP contribution in [-0.2, 0) is 9.59 Å². The smallest absolute Gasteiger partial charge is 0.239 e. The Bertz CT molecular complexity index is 351. The third-order valence-corrected chi connectivity index (χ3v) is 4.01. The lowest BCUT2D eigenvalue weighted by Crippen LogP contribution is -2.51. The van der Waals surface area contributed by atoms with Gasteiger partial charge in [0.25, 0.3) is 0 Å². The number of amides is 2. The van der Waals surface area contributed by atoms with E-state index in [1.807, 2.05) is 6.92 Å². The molecule has 0 bridgehead atoms. The summed E-state index contributed by atoms with van der Waals surface area (Å²) in [5, 5.41) is 2.52. The maximum atomic E-state index is 12.6. The van der Waals surface area contributed by atoms with Gasteiger partial charge >= 0.3 is 0 Å². The van der Waals surface area contributed by atoms with Crippen LogP contribution in [0.1, 0.15) is 32.6 Å². The number of hydrogen-bond donors (Lipinski definition) is 2. The Morgan fingerprint density at radius 3 is 2.33 bits per heavy atom. The second-order valence-electron chi connectivity index (χ2n) is 4.65. The quantitative estimate of drug-likeness (QED) is 0.711. The van der Waals surface area contributed by atoms with Gasteiger partial charge in [0.1, 0.15) is 0 Å². The van der Waals surface area contributed by atoms with Gasteiger partial charge in [0.2, 0.25) is 11.8 Å². The fraction of sp³-hybridized carbons (Fsp3) is 0.750. The van der Waals surface area contributed by atoms with Crippen LogP contribution in [0, 0.1) is 5.41 Å². The molecule has 0 unspecified atom stereocenters. The van der Waals surface area contributed by atoms with Gasteiger partial charge < -0.3 is 16.0 Å². The van der Waals surface area contributed by atoms with Crippen LogP contribution in [-0.4, -0.2) is 41.8 Å². The summed E-state index contributed by atoms with van der Waals surface area (Å²) in [6.45, 7) is 2.40. The monoisotopic (exact) mass is 271 g/mol. The Morgan fingerprint density at radius 2 is 1.94 bits per heavy atom. The number of carbonyl (C=O) groups is 2. The van der Waals surface area contributed by atoms with Gasteiger partial charge in [0.15, 0.2) is 0 Å². The van der Waals surface area contributed by atoms with E-state index in [9.17, 15) is 9.59 Å². The maximum Gasteiger partial charge on any atom is 0.239 e. The number of nitrogens with two attached hydrogens (primary N) is 1. The van der Waals surface area contributed by atoms with E-state index in [-0.39, 0.29) is 23.3 Å². The molecule has 3 N–H and O–H groups in total. The molecule has 1 aliphatic rings. The van der Waals surface area contributed by atoms with Crippen LogP contribution in [0.4, 0.5) is 0 Å². The molecule has 1 aliphatic carbocycles. The number of nitrogens with one attached hydrogen (secondary N) is 1. The standard InChI is InChI=1S/C12H21N3O2S/c1-3-15(8-9(16)14-2)11(17)12(10(13)18)6-4-5-7-12/h3-8H2,1-2H3,(H2,13,18)(H,14,16). The van der Waals surface area contributed by atoms with Crippen LogP contribution < -0.4 is 11.1 Å². The molecule has 0 atom stereocenters. The van der Waals surface area contributed by atoms with Crippen molar-refractivity contribution in [3.05, 3.63) is 0 Å². The van der Waals surface area contributed by atoms with E-state index in [0.717, 1.165) is 12.8 Å². The van der Waals surface area contributed by atoms with Gasteiger partial charge in [0, 0.05) is 13.6 Å². The van der Waals surface area contributed by atoms with Crippen molar-refractivity contribution in [1.29, 1.82) is 0 Å². The normalized spacial score (nSPS) is 17.2. The number of likely N-dealkylation sites (N-methyl/N-ethyl adjacent to an activating group) is 2. The Balaban J connectivity index is 2.87. The van der Waals surface area contributed by atoms with Crippen LogP contribution >= 0.6 is 12.2 Å². The fourth-order valence-electron chi connectivity index (χ4n) is 2.43. The average Bonchev–Trinajstić information content (AvgIpc) is 2.85. The van der Waals surface area contributed by atoms with Crippen LogP contribution in [0.5, 0.6) is 0 Å². The zero-order valence-corrected chi connectivity index (χ0v) is 11.8. The SMILES string of the molecule is CCN(CC(=O)NC)C(=O)C1(C(N)=S)CCCC1. The molecule has 18 heavy (non-hydrogen) atoms. The van der Waals surface area contributed by atoms with Gasteiger partial charge in [0.05, 0.1) is 16.9 Å². The first-order valence-electron chi connectivity index (χ1n) is 6.27. The summed E-state index contributed by atoms with van der Waals surface area (Å²) in [5.41, 5.74) is 5.05. The fourth-order valence-corrected chi connectivity index (χ4v) is 2.72. The molecule has 1 fully saturated rings. The van der Waals surface area contributed by atoms with Crippen molar-refractivity contribution in [2.45, 2.75) is 32.6 Å². The minimum Gasteiger partial charge on any atom is -0.392 e. The minimum absolute atomic E-state index is 0.0657. The molecule has 1 saturated carbocycles. The van der Waals surface area contributed by atoms with Crippen molar-refractivity contribution in [2.75, 3.05) is 20.1 Å². The lowest BCUT2D eigenvalue weighted by atomic mass is 9.84. The summed E-state index contributed by atoms with van der Waals surface area (Å²) in [5.74, 6) is -0.278. The van der Waals surface area contributed by atoms with Crippen LogP contribution in [0.3, 0.4) is 0 Å². The van der Waals surface area contributed by atoms with E-state index < -0.39 is 5.41 Å². The van der Waals surface area contributed by atoms with E-state index in [1.165, 1.54) is 4.90 Å². The van der Waals surface area contributed by atoms with Gasteiger partial charge in [-0.05, 0) is 19.8 Å². The molecular weight excluding hydrogens is 250 g/mol. The van der Waals surface area contributed by atoms with E-state index >= 15 is 0 Å². The molecule has 2 amide bonds. The Kier molecular flexibility index (Phi) is 5.07. The van der Waals surface area contributed by atoms with Crippen molar-refractivity contribution >= 4 is 29.0 Å². The second-order valence-corrected chi connectivity index (χ2v) is 5.09. The van der Waals surface area contributed by atoms with Crippen molar-refractivity contribution in [3.63, 3.8) is 0 Å². The molecule has 0 spiro atoms. The van der Waals surface area contributed by atoms with Crippen LogP contribution in [0.2, 0.25) is 0 Å². The molecule has 102 valence electrons. The first kappa shape index (κ1) is 14.9. The average molecular weight is 271 g/mol. The molecule has 0 aliphatic heterocycles. The molecular formula is C12H21N3O2S. The lowest BCUT2D eigenvalue weighted by molar-refractivity contribution is -0.141. The summed E-state index contributed by atoms with van der Waals surface area (Å²) in [6, 6.07) is 0. The largest absolute Gasteiger partial charge is 0.392 e. The molecule has 0 aromatic carbocycles. The van der Waals surface area contributed by atoms with Gasteiger partial charge in [-0.3, -0.25) is 9.59 Å². The van der Waals surface area contributed by atoms with Gasteiger partial charge in [-0.2, -0.15) is 0 Å². The van der Waals surface area contributed by atoms with Crippen molar-refractivity contribution in [1.82, 2.24) is 10.2 Å². The summed E-state index contributed by atoms with van der Waals surface area (Å²) < 4.78 is 0. The number of nitrogens with zero attached hydrogens (tertiary/aromatic N) is 1. The highest BCUT2D eigenvalue weighted by atomic mass is 32.1.